The number of hydrogen-bond donors (Lipinski definition) is 2. The molecule has 0 unspecified atom stereocenters. The lowest BCUT2D eigenvalue weighted by atomic mass is 9.96. The Morgan fingerprint density at radius 2 is 2.00 bits per heavy atom. The van der Waals surface area contributed by atoms with E-state index in [2.05, 4.69) is 68.5 Å². The molecular formula is C24H33N7O. The van der Waals surface area contributed by atoms with Crippen molar-refractivity contribution in [3.8, 4) is 0 Å². The van der Waals surface area contributed by atoms with Gasteiger partial charge in [0, 0.05) is 32.1 Å². The van der Waals surface area contributed by atoms with Crippen molar-refractivity contribution >= 4 is 5.96 Å². The zero-order valence-corrected chi connectivity index (χ0v) is 19.0. The summed E-state index contributed by atoms with van der Waals surface area (Å²) in [4.78, 5) is 14.0. The van der Waals surface area contributed by atoms with Crippen molar-refractivity contribution in [2.75, 3.05) is 26.7 Å². The number of H-pyrrole nitrogens is 1. The number of nitrogens with zero attached hydrogens (tertiary/aromatic N) is 5. The average molecular weight is 436 g/mol. The summed E-state index contributed by atoms with van der Waals surface area (Å²) in [5.41, 5.74) is 2.55. The fourth-order valence-corrected chi connectivity index (χ4v) is 4.24. The lowest BCUT2D eigenvalue weighted by Gasteiger charge is -2.33. The Labute approximate surface area is 189 Å². The van der Waals surface area contributed by atoms with Gasteiger partial charge in [0.15, 0.2) is 5.96 Å². The van der Waals surface area contributed by atoms with Gasteiger partial charge < -0.3 is 14.6 Å². The molecule has 1 aliphatic heterocycles. The molecule has 8 heteroatoms. The van der Waals surface area contributed by atoms with Gasteiger partial charge in [0.25, 0.3) is 0 Å². The van der Waals surface area contributed by atoms with Crippen molar-refractivity contribution in [1.29, 1.82) is 0 Å². The summed E-state index contributed by atoms with van der Waals surface area (Å²) >= 11 is 0. The fourth-order valence-electron chi connectivity index (χ4n) is 4.24. The van der Waals surface area contributed by atoms with Gasteiger partial charge in [-0.2, -0.15) is 5.10 Å². The zero-order chi connectivity index (χ0) is 22.2. The second kappa shape index (κ2) is 10.9. The van der Waals surface area contributed by atoms with Crippen LogP contribution in [0.1, 0.15) is 48.4 Å². The molecule has 0 saturated carbocycles. The first kappa shape index (κ1) is 22.1. The minimum absolute atomic E-state index is 0.446. The van der Waals surface area contributed by atoms with Crippen LogP contribution in [0.3, 0.4) is 0 Å². The van der Waals surface area contributed by atoms with E-state index in [1.165, 1.54) is 11.1 Å². The van der Waals surface area contributed by atoms with Gasteiger partial charge in [0.2, 0.25) is 0 Å². The van der Waals surface area contributed by atoms with Crippen molar-refractivity contribution in [3.63, 3.8) is 0 Å². The standard InChI is InChI=1S/C24H33N7O/c1-3-25-24(31-12-10-19(11-13-31)23-27-18-28-29-23)26-15-20-7-4-5-8-21(20)16-30(2)17-22-9-6-14-32-22/h4-9,14,18-19H,3,10-13,15-17H2,1-2H3,(H,25,26)(H,27,28,29). The third-order valence-electron chi connectivity index (χ3n) is 5.91. The van der Waals surface area contributed by atoms with Crippen molar-refractivity contribution in [2.24, 2.45) is 4.99 Å². The molecule has 1 fully saturated rings. The number of guanidine groups is 1. The summed E-state index contributed by atoms with van der Waals surface area (Å²) in [5.74, 6) is 3.41. The van der Waals surface area contributed by atoms with Gasteiger partial charge in [-0.25, -0.2) is 9.98 Å². The molecular weight excluding hydrogens is 402 g/mol. The first-order valence-electron chi connectivity index (χ1n) is 11.4. The molecule has 1 aliphatic rings. The number of furan rings is 1. The summed E-state index contributed by atoms with van der Waals surface area (Å²) in [5, 5.41) is 10.5. The highest BCUT2D eigenvalue weighted by atomic mass is 16.3. The molecule has 3 aromatic rings. The molecule has 2 N–H and O–H groups in total. The number of aromatic nitrogens is 3. The van der Waals surface area contributed by atoms with Gasteiger partial charge in [-0.15, -0.1) is 0 Å². The second-order valence-corrected chi connectivity index (χ2v) is 8.32. The second-order valence-electron chi connectivity index (χ2n) is 8.32. The molecule has 170 valence electrons. The van der Waals surface area contributed by atoms with Crippen LogP contribution >= 0.6 is 0 Å². The van der Waals surface area contributed by atoms with Crippen LogP contribution in [0.4, 0.5) is 0 Å². The fraction of sp³-hybridized carbons (Fsp3) is 0.458. The number of rotatable bonds is 8. The molecule has 0 atom stereocenters. The summed E-state index contributed by atoms with van der Waals surface area (Å²) in [7, 11) is 2.12. The quantitative estimate of drug-likeness (QED) is 0.417. The van der Waals surface area contributed by atoms with E-state index < -0.39 is 0 Å². The summed E-state index contributed by atoms with van der Waals surface area (Å²) in [6, 6.07) is 12.5. The van der Waals surface area contributed by atoms with Crippen LogP contribution < -0.4 is 5.32 Å². The number of aliphatic imine (C=N–C) groups is 1. The van der Waals surface area contributed by atoms with Crippen LogP contribution in [0.5, 0.6) is 0 Å². The highest BCUT2D eigenvalue weighted by Gasteiger charge is 2.24. The number of nitrogens with one attached hydrogen (secondary N) is 2. The lowest BCUT2D eigenvalue weighted by molar-refractivity contribution is 0.287. The highest BCUT2D eigenvalue weighted by Crippen LogP contribution is 2.25. The lowest BCUT2D eigenvalue weighted by Crippen LogP contribution is -2.45. The van der Waals surface area contributed by atoms with Gasteiger partial charge in [0.05, 0.1) is 19.4 Å². The average Bonchev–Trinajstić information content (AvgIpc) is 3.52. The Morgan fingerprint density at radius 3 is 2.69 bits per heavy atom. The highest BCUT2D eigenvalue weighted by molar-refractivity contribution is 5.80. The van der Waals surface area contributed by atoms with E-state index in [4.69, 9.17) is 9.41 Å². The zero-order valence-electron chi connectivity index (χ0n) is 19.0. The minimum atomic E-state index is 0.446. The van der Waals surface area contributed by atoms with Gasteiger partial charge in [-0.1, -0.05) is 24.3 Å². The monoisotopic (exact) mass is 435 g/mol. The van der Waals surface area contributed by atoms with E-state index in [0.717, 1.165) is 63.1 Å². The van der Waals surface area contributed by atoms with E-state index in [0.29, 0.717) is 12.5 Å². The SMILES string of the molecule is CCNC(=NCc1ccccc1CN(C)Cc1ccco1)N1CCC(c2ncn[nH]2)CC1. The molecule has 4 rings (SSSR count). The summed E-state index contributed by atoms with van der Waals surface area (Å²) < 4.78 is 5.49. The molecule has 8 nitrogen and oxygen atoms in total. The molecule has 0 radical (unpaired) electrons. The van der Waals surface area contributed by atoms with Crippen LogP contribution in [0, 0.1) is 0 Å². The normalized spacial score (nSPS) is 15.5. The Morgan fingerprint density at radius 1 is 1.19 bits per heavy atom. The van der Waals surface area contributed by atoms with Crippen molar-refractivity contribution in [3.05, 3.63) is 71.7 Å². The minimum Gasteiger partial charge on any atom is -0.468 e. The van der Waals surface area contributed by atoms with E-state index in [1.807, 2.05) is 12.1 Å². The van der Waals surface area contributed by atoms with Crippen molar-refractivity contribution in [2.45, 2.75) is 45.3 Å². The first-order chi connectivity index (χ1) is 15.7. The summed E-state index contributed by atoms with van der Waals surface area (Å²) in [6.45, 7) is 7.20. The number of piperidine rings is 1. The van der Waals surface area contributed by atoms with Gasteiger partial charge in [0.1, 0.15) is 17.9 Å². The third-order valence-corrected chi connectivity index (χ3v) is 5.91. The molecule has 0 amide bonds. The maximum Gasteiger partial charge on any atom is 0.194 e. The van der Waals surface area contributed by atoms with E-state index in [9.17, 15) is 0 Å². The molecule has 1 aromatic carbocycles. The molecule has 2 aromatic heterocycles. The number of benzene rings is 1. The molecule has 0 spiro atoms. The smallest absolute Gasteiger partial charge is 0.194 e. The topological polar surface area (TPSA) is 85.6 Å². The van der Waals surface area contributed by atoms with Crippen LogP contribution in [0.25, 0.3) is 0 Å². The van der Waals surface area contributed by atoms with Crippen molar-refractivity contribution < 1.29 is 4.42 Å². The van der Waals surface area contributed by atoms with Gasteiger partial charge >= 0.3 is 0 Å². The van der Waals surface area contributed by atoms with Crippen LogP contribution in [-0.2, 0) is 19.6 Å². The molecule has 0 aliphatic carbocycles. The Bertz CT molecular complexity index is 960. The van der Waals surface area contributed by atoms with Crippen LogP contribution in [0.2, 0.25) is 0 Å². The molecule has 32 heavy (non-hydrogen) atoms. The number of aromatic amines is 1. The Hall–Kier alpha value is -3.13. The van der Waals surface area contributed by atoms with E-state index in [-0.39, 0.29) is 0 Å². The Balaban J connectivity index is 1.39. The predicted octanol–water partition coefficient (Wildman–Crippen LogP) is 3.37. The Kier molecular flexibility index (Phi) is 7.55. The van der Waals surface area contributed by atoms with Gasteiger partial charge in [-0.3, -0.25) is 10.00 Å². The maximum atomic E-state index is 5.49. The molecule has 3 heterocycles. The predicted molar refractivity (Wildman–Crippen MR) is 125 cm³/mol. The molecule has 1 saturated heterocycles. The van der Waals surface area contributed by atoms with Crippen molar-refractivity contribution in [1.82, 2.24) is 30.3 Å². The van der Waals surface area contributed by atoms with Gasteiger partial charge in [-0.05, 0) is 50.1 Å². The largest absolute Gasteiger partial charge is 0.468 e. The maximum absolute atomic E-state index is 5.49. The van der Waals surface area contributed by atoms with Crippen LogP contribution in [-0.4, -0.2) is 57.6 Å². The summed E-state index contributed by atoms with van der Waals surface area (Å²) in [6.07, 6.45) is 5.42. The van der Waals surface area contributed by atoms with Crippen LogP contribution in [0.15, 0.2) is 58.4 Å². The van der Waals surface area contributed by atoms with E-state index >= 15 is 0 Å². The van der Waals surface area contributed by atoms with E-state index in [1.54, 1.807) is 12.6 Å². The molecule has 0 bridgehead atoms. The number of likely N-dealkylation sites (tertiary alicyclic amines) is 1. The third kappa shape index (κ3) is 5.76. The first-order valence-corrected chi connectivity index (χ1v) is 11.4. The number of hydrogen-bond acceptors (Lipinski definition) is 5.